The van der Waals surface area contributed by atoms with Crippen LogP contribution >= 0.6 is 23.2 Å². The first-order chi connectivity index (χ1) is 15.9. The highest BCUT2D eigenvalue weighted by Crippen LogP contribution is 2.39. The van der Waals surface area contributed by atoms with Crippen molar-refractivity contribution in [3.63, 3.8) is 0 Å². The lowest BCUT2D eigenvalue weighted by molar-refractivity contribution is 0.0943. The number of carbonyl (C=O) groups is 1. The molecule has 1 unspecified atom stereocenters. The molecule has 2 N–H and O–H groups in total. The van der Waals surface area contributed by atoms with Gasteiger partial charge in [0.1, 0.15) is 0 Å². The van der Waals surface area contributed by atoms with E-state index in [1.165, 1.54) is 0 Å². The van der Waals surface area contributed by atoms with Gasteiger partial charge in [0.2, 0.25) is 0 Å². The lowest BCUT2D eigenvalue weighted by Crippen LogP contribution is -2.45. The minimum atomic E-state index is -0.211. The molecule has 33 heavy (non-hydrogen) atoms. The maximum atomic E-state index is 12.8. The molecular formula is C23H31Cl2N7O. The molecule has 0 aliphatic carbocycles. The minimum Gasteiger partial charge on any atom is -0.365 e. The molecule has 3 heterocycles. The van der Waals surface area contributed by atoms with Gasteiger partial charge in [-0.1, -0.05) is 29.3 Å². The Hall–Kier alpha value is -2.13. The number of hydrogen-bond acceptors (Lipinski definition) is 7. The summed E-state index contributed by atoms with van der Waals surface area (Å²) in [5.74, 6) is 0.445. The number of piperazine rings is 1. The summed E-state index contributed by atoms with van der Waals surface area (Å²) < 4.78 is 0. The second kappa shape index (κ2) is 10.9. The Morgan fingerprint density at radius 2 is 1.88 bits per heavy atom. The van der Waals surface area contributed by atoms with Gasteiger partial charge >= 0.3 is 0 Å². The van der Waals surface area contributed by atoms with E-state index in [4.69, 9.17) is 23.2 Å². The van der Waals surface area contributed by atoms with Crippen molar-refractivity contribution in [1.29, 1.82) is 0 Å². The molecule has 1 aromatic carbocycles. The molecule has 178 valence electrons. The minimum absolute atomic E-state index is 0.0873. The van der Waals surface area contributed by atoms with Gasteiger partial charge in [-0.3, -0.25) is 4.79 Å². The van der Waals surface area contributed by atoms with Crippen LogP contribution in [0.25, 0.3) is 0 Å². The first-order valence-corrected chi connectivity index (χ1v) is 12.2. The van der Waals surface area contributed by atoms with Crippen LogP contribution in [0.15, 0.2) is 24.3 Å². The largest absolute Gasteiger partial charge is 0.365 e. The molecule has 8 nitrogen and oxygen atoms in total. The molecule has 2 aliphatic heterocycles. The average Bonchev–Trinajstić information content (AvgIpc) is 2.82. The summed E-state index contributed by atoms with van der Waals surface area (Å²) in [6, 6.07) is 7.23. The number of amides is 1. The summed E-state index contributed by atoms with van der Waals surface area (Å²) in [5.41, 5.74) is 1.99. The average molecular weight is 492 g/mol. The Morgan fingerprint density at radius 1 is 1.15 bits per heavy atom. The van der Waals surface area contributed by atoms with Gasteiger partial charge in [0, 0.05) is 61.4 Å². The molecule has 1 atom stereocenters. The monoisotopic (exact) mass is 491 g/mol. The van der Waals surface area contributed by atoms with Crippen LogP contribution in [-0.4, -0.2) is 85.3 Å². The molecule has 1 saturated heterocycles. The number of carbonyl (C=O) groups excluding carboxylic acids is 1. The SMILES string of the molecule is CC(c1c(Cl)cccc1Cl)N1CCNc2nnc(C(=O)NCCCN3CCN(C)CC3)cc21. The summed E-state index contributed by atoms with van der Waals surface area (Å²) in [7, 11) is 2.15. The van der Waals surface area contributed by atoms with Crippen LogP contribution in [0.4, 0.5) is 11.5 Å². The van der Waals surface area contributed by atoms with Gasteiger partial charge in [-0.05, 0) is 45.1 Å². The molecule has 2 aliphatic rings. The van der Waals surface area contributed by atoms with E-state index < -0.39 is 0 Å². The third-order valence-electron chi connectivity index (χ3n) is 6.38. The van der Waals surface area contributed by atoms with E-state index in [1.54, 1.807) is 6.07 Å². The summed E-state index contributed by atoms with van der Waals surface area (Å²) in [5, 5.41) is 15.9. The number of rotatable bonds is 7. The molecule has 1 fully saturated rings. The highest BCUT2D eigenvalue weighted by Gasteiger charge is 2.27. The molecular weight excluding hydrogens is 461 g/mol. The molecule has 0 bridgehead atoms. The summed E-state index contributed by atoms with van der Waals surface area (Å²) in [6.07, 6.45) is 0.906. The molecule has 4 rings (SSSR count). The lowest BCUT2D eigenvalue weighted by Gasteiger charge is -2.36. The molecule has 0 radical (unpaired) electrons. The molecule has 2 aromatic rings. The normalized spacial score (nSPS) is 17.9. The standard InChI is InChI=1S/C23H31Cl2N7O/c1-16(21-17(24)5-3-6-18(21)25)32-10-8-26-22-20(32)15-19(28-29-22)23(33)27-7-4-9-31-13-11-30(2)12-14-31/h3,5-6,15-16H,4,7-14H2,1-2H3,(H,26,29)(H,27,33). The van der Waals surface area contributed by atoms with Gasteiger partial charge < -0.3 is 25.3 Å². The van der Waals surface area contributed by atoms with Gasteiger partial charge in [0.05, 0.1) is 11.7 Å². The Morgan fingerprint density at radius 3 is 2.61 bits per heavy atom. The van der Waals surface area contributed by atoms with Crippen LogP contribution in [0.2, 0.25) is 10.0 Å². The number of nitrogens with one attached hydrogen (secondary N) is 2. The van der Waals surface area contributed by atoms with E-state index in [-0.39, 0.29) is 11.9 Å². The van der Waals surface area contributed by atoms with Crippen molar-refractivity contribution < 1.29 is 4.79 Å². The number of halogens is 2. The van der Waals surface area contributed by atoms with Gasteiger partial charge in [0.25, 0.3) is 5.91 Å². The zero-order chi connectivity index (χ0) is 23.4. The molecule has 1 amide bonds. The summed E-state index contributed by atoms with van der Waals surface area (Å²) >= 11 is 12.9. The third kappa shape index (κ3) is 5.69. The Kier molecular flexibility index (Phi) is 7.90. The van der Waals surface area contributed by atoms with Crippen molar-refractivity contribution in [2.24, 2.45) is 0 Å². The highest BCUT2D eigenvalue weighted by molar-refractivity contribution is 6.36. The van der Waals surface area contributed by atoms with Gasteiger partial charge in [-0.25, -0.2) is 0 Å². The van der Waals surface area contributed by atoms with Crippen LogP contribution < -0.4 is 15.5 Å². The predicted octanol–water partition coefficient (Wildman–Crippen LogP) is 3.14. The van der Waals surface area contributed by atoms with Crippen LogP contribution in [0.3, 0.4) is 0 Å². The lowest BCUT2D eigenvalue weighted by atomic mass is 10.0. The van der Waals surface area contributed by atoms with Crippen molar-refractivity contribution in [2.45, 2.75) is 19.4 Å². The number of anilines is 2. The quantitative estimate of drug-likeness (QED) is 0.576. The fourth-order valence-corrected chi connectivity index (χ4v) is 5.10. The number of likely N-dealkylation sites (N-methyl/N-ethyl adjacent to an activating group) is 1. The van der Waals surface area contributed by atoms with Crippen LogP contribution in [0, 0.1) is 0 Å². The van der Waals surface area contributed by atoms with Crippen LogP contribution in [0.1, 0.15) is 35.4 Å². The van der Waals surface area contributed by atoms with Crippen molar-refractivity contribution >= 4 is 40.6 Å². The number of nitrogens with zero attached hydrogens (tertiary/aromatic N) is 5. The molecule has 0 saturated carbocycles. The van der Waals surface area contributed by atoms with Crippen molar-refractivity contribution in [2.75, 3.05) is 69.6 Å². The molecule has 10 heteroatoms. The fraction of sp³-hybridized carbons (Fsp3) is 0.522. The summed E-state index contributed by atoms with van der Waals surface area (Å²) in [6.45, 7) is 9.45. The van der Waals surface area contributed by atoms with Crippen LogP contribution in [-0.2, 0) is 0 Å². The van der Waals surface area contributed by atoms with E-state index in [1.807, 2.05) is 18.2 Å². The smallest absolute Gasteiger partial charge is 0.271 e. The van der Waals surface area contributed by atoms with Gasteiger partial charge in [-0.15, -0.1) is 10.2 Å². The Bertz CT molecular complexity index is 961. The molecule has 1 aromatic heterocycles. The van der Waals surface area contributed by atoms with Gasteiger partial charge in [-0.2, -0.15) is 0 Å². The van der Waals surface area contributed by atoms with E-state index in [0.717, 1.165) is 56.9 Å². The second-order valence-electron chi connectivity index (χ2n) is 8.65. The zero-order valence-corrected chi connectivity index (χ0v) is 20.7. The zero-order valence-electron chi connectivity index (χ0n) is 19.2. The second-order valence-corrected chi connectivity index (χ2v) is 9.46. The van der Waals surface area contributed by atoms with E-state index in [0.29, 0.717) is 34.6 Å². The first kappa shape index (κ1) is 24.0. The van der Waals surface area contributed by atoms with Crippen LogP contribution in [0.5, 0.6) is 0 Å². The van der Waals surface area contributed by atoms with Crippen molar-refractivity contribution in [3.8, 4) is 0 Å². The first-order valence-electron chi connectivity index (χ1n) is 11.5. The van der Waals surface area contributed by atoms with Crippen molar-refractivity contribution in [3.05, 3.63) is 45.6 Å². The number of hydrogen-bond donors (Lipinski definition) is 2. The summed E-state index contributed by atoms with van der Waals surface area (Å²) in [4.78, 5) is 19.7. The number of aromatic nitrogens is 2. The highest BCUT2D eigenvalue weighted by atomic mass is 35.5. The Labute approximate surface area is 205 Å². The van der Waals surface area contributed by atoms with Crippen molar-refractivity contribution in [1.82, 2.24) is 25.3 Å². The Balaban J connectivity index is 1.40. The van der Waals surface area contributed by atoms with E-state index >= 15 is 0 Å². The number of benzene rings is 1. The molecule has 0 spiro atoms. The fourth-order valence-electron chi connectivity index (χ4n) is 4.39. The third-order valence-corrected chi connectivity index (χ3v) is 7.04. The number of fused-ring (bicyclic) bond motifs is 1. The van der Waals surface area contributed by atoms with Gasteiger partial charge in [0.15, 0.2) is 11.5 Å². The maximum absolute atomic E-state index is 12.8. The maximum Gasteiger partial charge on any atom is 0.271 e. The van der Waals surface area contributed by atoms with E-state index in [9.17, 15) is 4.79 Å². The topological polar surface area (TPSA) is 76.6 Å². The van der Waals surface area contributed by atoms with E-state index in [2.05, 4.69) is 49.5 Å². The predicted molar refractivity (Wildman–Crippen MR) is 134 cm³/mol.